The second kappa shape index (κ2) is 7.03. The standard InChI is InChI=1S/C23H24O4/c1-6-20(24)26-18-12-11-17-21(25)19(27-22(17)14(18)2)13-15-7-9-16(10-8-15)23(3,4)5/h7-13H,6H2,1-5H3/b19-13-. The minimum absolute atomic E-state index is 0.0744. The van der Waals surface area contributed by atoms with Crippen molar-refractivity contribution in [3.05, 3.63) is 64.4 Å². The molecule has 27 heavy (non-hydrogen) atoms. The van der Waals surface area contributed by atoms with E-state index < -0.39 is 0 Å². The topological polar surface area (TPSA) is 52.6 Å². The summed E-state index contributed by atoms with van der Waals surface area (Å²) in [4.78, 5) is 24.2. The number of carbonyl (C=O) groups excluding carboxylic acids is 2. The fourth-order valence-electron chi connectivity index (χ4n) is 2.90. The quantitative estimate of drug-likeness (QED) is 0.425. The van der Waals surface area contributed by atoms with Crippen molar-refractivity contribution >= 4 is 17.8 Å². The van der Waals surface area contributed by atoms with Crippen molar-refractivity contribution in [3.8, 4) is 11.5 Å². The number of benzene rings is 2. The molecule has 140 valence electrons. The predicted octanol–water partition coefficient (Wildman–Crippen LogP) is 5.22. The van der Waals surface area contributed by atoms with Gasteiger partial charge >= 0.3 is 5.97 Å². The number of ketones is 1. The van der Waals surface area contributed by atoms with Gasteiger partial charge in [-0.1, -0.05) is 52.0 Å². The van der Waals surface area contributed by atoms with E-state index in [-0.39, 0.29) is 29.3 Å². The van der Waals surface area contributed by atoms with Gasteiger partial charge in [0.2, 0.25) is 5.78 Å². The van der Waals surface area contributed by atoms with Crippen LogP contribution >= 0.6 is 0 Å². The number of allylic oxidation sites excluding steroid dienone is 1. The van der Waals surface area contributed by atoms with Gasteiger partial charge in [0.1, 0.15) is 11.5 Å². The molecule has 0 amide bonds. The van der Waals surface area contributed by atoms with Crippen LogP contribution in [0.5, 0.6) is 11.5 Å². The van der Waals surface area contributed by atoms with Crippen molar-refractivity contribution in [1.82, 2.24) is 0 Å². The maximum atomic E-state index is 12.7. The van der Waals surface area contributed by atoms with E-state index in [1.807, 2.05) is 12.1 Å². The van der Waals surface area contributed by atoms with Crippen molar-refractivity contribution in [2.24, 2.45) is 0 Å². The zero-order chi connectivity index (χ0) is 19.8. The second-order valence-corrected chi connectivity index (χ2v) is 7.70. The van der Waals surface area contributed by atoms with Gasteiger partial charge in [0.15, 0.2) is 5.76 Å². The molecule has 0 aromatic heterocycles. The van der Waals surface area contributed by atoms with Gasteiger partial charge in [-0.05, 0) is 41.7 Å². The lowest BCUT2D eigenvalue weighted by molar-refractivity contribution is -0.134. The molecule has 0 bridgehead atoms. The van der Waals surface area contributed by atoms with Crippen LogP contribution in [-0.4, -0.2) is 11.8 Å². The molecule has 0 unspecified atom stereocenters. The van der Waals surface area contributed by atoms with E-state index in [1.165, 1.54) is 5.56 Å². The Hall–Kier alpha value is -2.88. The smallest absolute Gasteiger partial charge is 0.310 e. The minimum Gasteiger partial charge on any atom is -0.452 e. The van der Waals surface area contributed by atoms with Crippen molar-refractivity contribution < 1.29 is 19.1 Å². The molecule has 0 atom stereocenters. The van der Waals surface area contributed by atoms with Crippen molar-refractivity contribution in [1.29, 1.82) is 0 Å². The lowest BCUT2D eigenvalue weighted by Crippen LogP contribution is -2.10. The Balaban J connectivity index is 1.89. The Kier molecular flexibility index (Phi) is 4.92. The van der Waals surface area contributed by atoms with Gasteiger partial charge in [-0.2, -0.15) is 0 Å². The highest BCUT2D eigenvalue weighted by atomic mass is 16.5. The number of hydrogen-bond acceptors (Lipinski definition) is 4. The summed E-state index contributed by atoms with van der Waals surface area (Å²) < 4.78 is 11.1. The summed E-state index contributed by atoms with van der Waals surface area (Å²) in [5.74, 6) is 0.664. The van der Waals surface area contributed by atoms with Crippen LogP contribution in [0.3, 0.4) is 0 Å². The first kappa shape index (κ1) is 18.9. The third-order valence-electron chi connectivity index (χ3n) is 4.62. The molecule has 4 nitrogen and oxygen atoms in total. The van der Waals surface area contributed by atoms with Crippen LogP contribution < -0.4 is 9.47 Å². The highest BCUT2D eigenvalue weighted by Gasteiger charge is 2.30. The fraction of sp³-hybridized carbons (Fsp3) is 0.304. The van der Waals surface area contributed by atoms with Crippen LogP contribution in [0.1, 0.15) is 61.2 Å². The number of hydrogen-bond donors (Lipinski definition) is 0. The first-order valence-electron chi connectivity index (χ1n) is 9.09. The Labute approximate surface area is 159 Å². The molecular weight excluding hydrogens is 340 g/mol. The Morgan fingerprint density at radius 3 is 2.37 bits per heavy atom. The largest absolute Gasteiger partial charge is 0.452 e. The summed E-state index contributed by atoms with van der Waals surface area (Å²) in [7, 11) is 0. The third kappa shape index (κ3) is 3.80. The van der Waals surface area contributed by atoms with E-state index in [1.54, 1.807) is 32.1 Å². The van der Waals surface area contributed by atoms with Gasteiger partial charge < -0.3 is 9.47 Å². The number of carbonyl (C=O) groups is 2. The summed E-state index contributed by atoms with van der Waals surface area (Å²) >= 11 is 0. The molecular formula is C23H24O4. The fourth-order valence-corrected chi connectivity index (χ4v) is 2.90. The zero-order valence-electron chi connectivity index (χ0n) is 16.4. The number of Topliss-reactive ketones (excluding diaryl/α,β-unsaturated/α-hetero) is 1. The summed E-state index contributed by atoms with van der Waals surface area (Å²) in [5.41, 5.74) is 3.33. The highest BCUT2D eigenvalue weighted by Crippen LogP contribution is 2.39. The van der Waals surface area contributed by atoms with Gasteiger partial charge in [-0.15, -0.1) is 0 Å². The molecule has 0 N–H and O–H groups in total. The lowest BCUT2D eigenvalue weighted by atomic mass is 9.86. The van der Waals surface area contributed by atoms with E-state index >= 15 is 0 Å². The number of esters is 1. The van der Waals surface area contributed by atoms with Crippen molar-refractivity contribution in [2.45, 2.75) is 46.5 Å². The number of rotatable bonds is 3. The summed E-state index contributed by atoms with van der Waals surface area (Å²) in [6.45, 7) is 9.99. The number of fused-ring (bicyclic) bond motifs is 1. The maximum Gasteiger partial charge on any atom is 0.310 e. The first-order chi connectivity index (χ1) is 12.7. The molecule has 1 aliphatic heterocycles. The minimum atomic E-state index is -0.322. The average Bonchev–Trinajstić information content (AvgIpc) is 2.94. The molecule has 0 saturated carbocycles. The monoisotopic (exact) mass is 364 g/mol. The Morgan fingerprint density at radius 1 is 1.11 bits per heavy atom. The lowest BCUT2D eigenvalue weighted by Gasteiger charge is -2.18. The van der Waals surface area contributed by atoms with E-state index in [9.17, 15) is 9.59 Å². The SMILES string of the molecule is CCC(=O)Oc1ccc2c(c1C)O/C(=C\c1ccc(C(C)(C)C)cc1)C2=O. The molecule has 4 heteroatoms. The molecule has 0 aliphatic carbocycles. The van der Waals surface area contributed by atoms with E-state index in [4.69, 9.17) is 9.47 Å². The van der Waals surface area contributed by atoms with Crippen LogP contribution in [-0.2, 0) is 10.2 Å². The van der Waals surface area contributed by atoms with Gasteiger partial charge in [-0.25, -0.2) is 0 Å². The van der Waals surface area contributed by atoms with Crippen LogP contribution in [0.2, 0.25) is 0 Å². The predicted molar refractivity (Wildman–Crippen MR) is 105 cm³/mol. The Bertz CT molecular complexity index is 928. The molecule has 0 radical (unpaired) electrons. The highest BCUT2D eigenvalue weighted by molar-refractivity contribution is 6.15. The van der Waals surface area contributed by atoms with Crippen LogP contribution in [0.25, 0.3) is 6.08 Å². The molecule has 0 spiro atoms. The van der Waals surface area contributed by atoms with Gasteiger partial charge in [0.05, 0.1) is 5.56 Å². The van der Waals surface area contributed by atoms with Crippen LogP contribution in [0, 0.1) is 6.92 Å². The van der Waals surface area contributed by atoms with Crippen LogP contribution in [0.15, 0.2) is 42.2 Å². The van der Waals surface area contributed by atoms with E-state index in [0.29, 0.717) is 22.6 Å². The van der Waals surface area contributed by atoms with Crippen molar-refractivity contribution in [3.63, 3.8) is 0 Å². The molecule has 0 fully saturated rings. The van der Waals surface area contributed by atoms with E-state index in [0.717, 1.165) is 5.56 Å². The average molecular weight is 364 g/mol. The number of ether oxygens (including phenoxy) is 2. The molecule has 2 aromatic carbocycles. The third-order valence-corrected chi connectivity index (χ3v) is 4.62. The summed E-state index contributed by atoms with van der Waals surface area (Å²) in [6.07, 6.45) is 2.03. The first-order valence-corrected chi connectivity index (χ1v) is 9.09. The van der Waals surface area contributed by atoms with Gasteiger partial charge in [0, 0.05) is 12.0 Å². The molecule has 1 aliphatic rings. The molecule has 1 heterocycles. The van der Waals surface area contributed by atoms with E-state index in [2.05, 4.69) is 32.9 Å². The van der Waals surface area contributed by atoms with Gasteiger partial charge in [0.25, 0.3) is 0 Å². The summed E-state index contributed by atoms with van der Waals surface area (Å²) in [6, 6.07) is 11.4. The summed E-state index contributed by atoms with van der Waals surface area (Å²) in [5, 5.41) is 0. The molecule has 3 rings (SSSR count). The molecule has 2 aromatic rings. The zero-order valence-corrected chi connectivity index (χ0v) is 16.4. The second-order valence-electron chi connectivity index (χ2n) is 7.70. The van der Waals surface area contributed by atoms with Gasteiger partial charge in [-0.3, -0.25) is 9.59 Å². The normalized spacial score (nSPS) is 14.9. The Morgan fingerprint density at radius 2 is 1.78 bits per heavy atom. The molecule has 0 saturated heterocycles. The van der Waals surface area contributed by atoms with Crippen LogP contribution in [0.4, 0.5) is 0 Å². The van der Waals surface area contributed by atoms with Crippen molar-refractivity contribution in [2.75, 3.05) is 0 Å². The maximum absolute atomic E-state index is 12.7.